The van der Waals surface area contributed by atoms with Gasteiger partial charge in [-0.1, -0.05) is 0 Å². The summed E-state index contributed by atoms with van der Waals surface area (Å²) in [6.07, 6.45) is -1.04. The predicted molar refractivity (Wildman–Crippen MR) is 80.2 cm³/mol. The van der Waals surface area contributed by atoms with Gasteiger partial charge in [-0.25, -0.2) is 4.79 Å². The Hall–Kier alpha value is -0.890. The van der Waals surface area contributed by atoms with Gasteiger partial charge < -0.3 is 20.3 Å². The van der Waals surface area contributed by atoms with Crippen LogP contribution in [-0.2, 0) is 4.74 Å². The van der Waals surface area contributed by atoms with E-state index < -0.39 is 11.7 Å². The van der Waals surface area contributed by atoms with Gasteiger partial charge in [-0.05, 0) is 20.8 Å². The molecular weight excluding hydrogens is 274 g/mol. The highest BCUT2D eigenvalue weighted by molar-refractivity contribution is 5.67. The Labute approximate surface area is 126 Å². The number of β-amino-alcohol motifs (C(OH)–C–C–N with tert-alkyl or cyclic N) is 1. The van der Waals surface area contributed by atoms with Crippen LogP contribution in [0, 0.1) is 0 Å². The van der Waals surface area contributed by atoms with Gasteiger partial charge in [0.05, 0.1) is 12.7 Å². The van der Waals surface area contributed by atoms with Crippen LogP contribution < -0.4 is 5.32 Å². The minimum Gasteiger partial charge on any atom is -0.444 e. The quantitative estimate of drug-likeness (QED) is 0.612. The summed E-state index contributed by atoms with van der Waals surface area (Å²) in [6.45, 7) is 10.7. The van der Waals surface area contributed by atoms with Gasteiger partial charge in [-0.2, -0.15) is 0 Å². The Balaban J connectivity index is 2.12. The smallest absolute Gasteiger partial charge is 0.407 e. The van der Waals surface area contributed by atoms with E-state index in [9.17, 15) is 9.90 Å². The third-order valence-corrected chi connectivity index (χ3v) is 3.24. The van der Waals surface area contributed by atoms with Crippen LogP contribution in [0.3, 0.4) is 0 Å². The number of carbonyl (C=O) groups excluding carboxylic acids is 1. The molecule has 0 aromatic heterocycles. The summed E-state index contributed by atoms with van der Waals surface area (Å²) in [6, 6.07) is 0. The van der Waals surface area contributed by atoms with Gasteiger partial charge in [0.2, 0.25) is 0 Å². The average molecular weight is 303 g/mol. The summed E-state index contributed by atoms with van der Waals surface area (Å²) in [5.74, 6) is 0. The highest BCUT2D eigenvalue weighted by Gasteiger charge is 2.19. The zero-order valence-corrected chi connectivity index (χ0v) is 13.3. The van der Waals surface area contributed by atoms with Crippen LogP contribution in [0.4, 0.5) is 4.79 Å². The highest BCUT2D eigenvalue weighted by Crippen LogP contribution is 2.06. The van der Waals surface area contributed by atoms with E-state index >= 15 is 0 Å². The molecule has 1 aliphatic heterocycles. The summed E-state index contributed by atoms with van der Waals surface area (Å²) in [5, 5.41) is 21.0. The third-order valence-electron chi connectivity index (χ3n) is 3.24. The van der Waals surface area contributed by atoms with Crippen molar-refractivity contribution in [1.82, 2.24) is 15.1 Å². The molecule has 1 atom stereocenters. The second-order valence-electron chi connectivity index (χ2n) is 6.41. The molecule has 21 heavy (non-hydrogen) atoms. The van der Waals surface area contributed by atoms with Crippen molar-refractivity contribution in [2.45, 2.75) is 32.5 Å². The van der Waals surface area contributed by atoms with Crippen LogP contribution in [0.2, 0.25) is 0 Å². The normalized spacial score (nSPS) is 19.3. The molecule has 0 spiro atoms. The lowest BCUT2D eigenvalue weighted by Gasteiger charge is -2.35. The number of aliphatic hydroxyl groups excluding tert-OH is 2. The molecule has 3 N–H and O–H groups in total. The van der Waals surface area contributed by atoms with Crippen molar-refractivity contribution in [1.29, 1.82) is 0 Å². The fourth-order valence-electron chi connectivity index (χ4n) is 2.18. The topological polar surface area (TPSA) is 85.3 Å². The maximum absolute atomic E-state index is 11.5. The molecule has 1 fully saturated rings. The third kappa shape index (κ3) is 8.21. The van der Waals surface area contributed by atoms with Gasteiger partial charge in [0.25, 0.3) is 0 Å². The zero-order valence-electron chi connectivity index (χ0n) is 13.3. The number of piperazine rings is 1. The summed E-state index contributed by atoms with van der Waals surface area (Å²) in [7, 11) is 0. The molecular formula is C14H29N3O4. The van der Waals surface area contributed by atoms with E-state index in [-0.39, 0.29) is 12.7 Å². The summed E-state index contributed by atoms with van der Waals surface area (Å²) in [5.41, 5.74) is -0.469. The molecule has 0 aliphatic carbocycles. The van der Waals surface area contributed by atoms with Crippen LogP contribution in [0.15, 0.2) is 0 Å². The molecule has 1 amide bonds. The molecule has 7 heteroatoms. The lowest BCUT2D eigenvalue weighted by Crippen LogP contribution is -2.50. The lowest BCUT2D eigenvalue weighted by atomic mass is 10.2. The van der Waals surface area contributed by atoms with Crippen molar-refractivity contribution < 1.29 is 19.7 Å². The molecule has 124 valence electrons. The summed E-state index contributed by atoms with van der Waals surface area (Å²) < 4.78 is 5.17. The zero-order chi connectivity index (χ0) is 15.9. The van der Waals surface area contributed by atoms with Crippen LogP contribution in [0.5, 0.6) is 0 Å². The number of aliphatic hydroxyl groups is 2. The van der Waals surface area contributed by atoms with Gasteiger partial charge in [0.15, 0.2) is 0 Å². The van der Waals surface area contributed by atoms with Crippen molar-refractivity contribution in [3.05, 3.63) is 0 Å². The molecule has 1 saturated heterocycles. The van der Waals surface area contributed by atoms with Gasteiger partial charge in [-0.3, -0.25) is 9.80 Å². The number of alkyl carbamates (subject to hydrolysis) is 1. The predicted octanol–water partition coefficient (Wildman–Crippen LogP) is -0.518. The van der Waals surface area contributed by atoms with Crippen molar-refractivity contribution in [2.24, 2.45) is 0 Å². The molecule has 1 rings (SSSR count). The second kappa shape index (κ2) is 8.53. The molecule has 0 aromatic carbocycles. The Kier molecular flexibility index (Phi) is 7.37. The van der Waals surface area contributed by atoms with E-state index in [1.165, 1.54) is 0 Å². The van der Waals surface area contributed by atoms with E-state index in [0.29, 0.717) is 13.1 Å². The Morgan fingerprint density at radius 1 is 1.24 bits per heavy atom. The minimum atomic E-state index is -0.662. The molecule has 0 saturated carbocycles. The van der Waals surface area contributed by atoms with Gasteiger partial charge in [0, 0.05) is 45.8 Å². The Bertz CT molecular complexity index is 312. The second-order valence-corrected chi connectivity index (χ2v) is 6.41. The monoisotopic (exact) mass is 303 g/mol. The fourth-order valence-corrected chi connectivity index (χ4v) is 2.18. The first-order valence-corrected chi connectivity index (χ1v) is 7.50. The standard InChI is InChI=1S/C14H29N3O4/c1-14(2,3)21-13(20)15-4-5-16-6-8-17(9-7-16)10-12(19)11-18/h12,18-19H,4-11H2,1-3H3,(H,15,20)/t12-/m1/s1. The fraction of sp³-hybridized carbons (Fsp3) is 0.929. The van der Waals surface area contributed by atoms with E-state index in [2.05, 4.69) is 15.1 Å². The Morgan fingerprint density at radius 2 is 1.81 bits per heavy atom. The first-order valence-electron chi connectivity index (χ1n) is 7.50. The maximum atomic E-state index is 11.5. The lowest BCUT2D eigenvalue weighted by molar-refractivity contribution is 0.0382. The first kappa shape index (κ1) is 18.2. The molecule has 1 heterocycles. The molecule has 1 aliphatic rings. The molecule has 7 nitrogen and oxygen atoms in total. The number of nitrogens with one attached hydrogen (secondary N) is 1. The van der Waals surface area contributed by atoms with Gasteiger partial charge in [-0.15, -0.1) is 0 Å². The largest absolute Gasteiger partial charge is 0.444 e. The van der Waals surface area contributed by atoms with Crippen molar-refractivity contribution in [3.63, 3.8) is 0 Å². The summed E-state index contributed by atoms with van der Waals surface area (Å²) >= 11 is 0. The van der Waals surface area contributed by atoms with E-state index in [1.54, 1.807) is 0 Å². The number of rotatable bonds is 6. The van der Waals surface area contributed by atoms with Gasteiger partial charge in [0.1, 0.15) is 5.60 Å². The summed E-state index contributed by atoms with van der Waals surface area (Å²) in [4.78, 5) is 15.9. The Morgan fingerprint density at radius 3 is 2.33 bits per heavy atom. The maximum Gasteiger partial charge on any atom is 0.407 e. The molecule has 0 bridgehead atoms. The van der Waals surface area contributed by atoms with Crippen molar-refractivity contribution in [3.8, 4) is 0 Å². The van der Waals surface area contributed by atoms with Crippen LogP contribution in [-0.4, -0.2) is 90.2 Å². The number of hydrogen-bond acceptors (Lipinski definition) is 6. The number of nitrogens with zero attached hydrogens (tertiary/aromatic N) is 2. The average Bonchev–Trinajstić information content (AvgIpc) is 2.38. The van der Waals surface area contributed by atoms with Crippen molar-refractivity contribution >= 4 is 6.09 Å². The number of ether oxygens (including phenoxy) is 1. The number of carbonyl (C=O) groups is 1. The number of amides is 1. The molecule has 0 unspecified atom stereocenters. The molecule has 0 aromatic rings. The SMILES string of the molecule is CC(C)(C)OC(=O)NCCN1CCN(C[C@@H](O)CO)CC1. The number of hydrogen-bond donors (Lipinski definition) is 3. The molecule has 0 radical (unpaired) electrons. The van der Waals surface area contributed by atoms with Crippen LogP contribution in [0.1, 0.15) is 20.8 Å². The minimum absolute atomic E-state index is 0.194. The van der Waals surface area contributed by atoms with E-state index in [4.69, 9.17) is 9.84 Å². The van der Waals surface area contributed by atoms with Crippen LogP contribution >= 0.6 is 0 Å². The van der Waals surface area contributed by atoms with Crippen LogP contribution in [0.25, 0.3) is 0 Å². The first-order chi connectivity index (χ1) is 9.80. The van der Waals surface area contributed by atoms with E-state index in [0.717, 1.165) is 32.7 Å². The van der Waals surface area contributed by atoms with E-state index in [1.807, 2.05) is 20.8 Å². The highest BCUT2D eigenvalue weighted by atomic mass is 16.6. The van der Waals surface area contributed by atoms with Gasteiger partial charge >= 0.3 is 6.09 Å². The van der Waals surface area contributed by atoms with Crippen molar-refractivity contribution in [2.75, 3.05) is 52.4 Å².